The highest BCUT2D eigenvalue weighted by Gasteiger charge is 2.30. The molecule has 2 rings (SSSR count). The summed E-state index contributed by atoms with van der Waals surface area (Å²) in [7, 11) is 0. The molecule has 0 saturated carbocycles. The predicted molar refractivity (Wildman–Crippen MR) is 72.8 cm³/mol. The summed E-state index contributed by atoms with van der Waals surface area (Å²) in [4.78, 5) is 0. The highest BCUT2D eigenvalue weighted by atomic mass is 19.4. The van der Waals surface area contributed by atoms with Crippen LogP contribution in [0.2, 0.25) is 0 Å². The number of hydrogen-bond acceptors (Lipinski definition) is 3. The van der Waals surface area contributed by atoms with E-state index in [1.807, 2.05) is 0 Å². The zero-order chi connectivity index (χ0) is 15.3. The lowest BCUT2D eigenvalue weighted by Crippen LogP contribution is -2.31. The summed E-state index contributed by atoms with van der Waals surface area (Å²) in [6, 6.07) is 4.82. The van der Waals surface area contributed by atoms with Gasteiger partial charge in [-0.15, -0.1) is 0 Å². The van der Waals surface area contributed by atoms with Crippen LogP contribution in [0.5, 0.6) is 0 Å². The maximum absolute atomic E-state index is 12.6. The van der Waals surface area contributed by atoms with Gasteiger partial charge in [-0.2, -0.15) is 13.2 Å². The average molecular weight is 303 g/mol. The van der Waals surface area contributed by atoms with Gasteiger partial charge in [0.15, 0.2) is 0 Å². The van der Waals surface area contributed by atoms with Crippen LogP contribution < -0.4 is 5.32 Å². The number of hydrogen-bond donors (Lipinski definition) is 2. The van der Waals surface area contributed by atoms with E-state index in [9.17, 15) is 18.3 Å². The maximum atomic E-state index is 12.6. The normalized spacial score (nSPS) is 21.2. The number of benzene rings is 1. The third-order valence-electron chi connectivity index (χ3n) is 3.62. The Bertz CT molecular complexity index is 445. The quantitative estimate of drug-likeness (QED) is 0.879. The van der Waals surface area contributed by atoms with Gasteiger partial charge in [0.1, 0.15) is 0 Å². The van der Waals surface area contributed by atoms with Crippen molar-refractivity contribution in [2.75, 3.05) is 26.3 Å². The van der Waals surface area contributed by atoms with Crippen LogP contribution in [0, 0.1) is 5.92 Å². The van der Waals surface area contributed by atoms with Crippen LogP contribution >= 0.6 is 0 Å². The highest BCUT2D eigenvalue weighted by Crippen LogP contribution is 2.30. The maximum Gasteiger partial charge on any atom is 0.416 e. The van der Waals surface area contributed by atoms with Crippen LogP contribution in [0.3, 0.4) is 0 Å². The zero-order valence-electron chi connectivity index (χ0n) is 11.7. The van der Waals surface area contributed by atoms with Crippen molar-refractivity contribution in [1.29, 1.82) is 0 Å². The van der Waals surface area contributed by atoms with Gasteiger partial charge in [0.2, 0.25) is 0 Å². The summed E-state index contributed by atoms with van der Waals surface area (Å²) < 4.78 is 43.2. The number of halogens is 3. The van der Waals surface area contributed by atoms with Gasteiger partial charge in [-0.05, 0) is 36.5 Å². The molecule has 0 spiro atoms. The van der Waals surface area contributed by atoms with E-state index in [-0.39, 0.29) is 12.1 Å². The minimum absolute atomic E-state index is 0.234. The second-order valence-electron chi connectivity index (χ2n) is 5.38. The largest absolute Gasteiger partial charge is 0.416 e. The molecule has 0 aliphatic carbocycles. The standard InChI is InChI=1S/C15H20F3NO2/c16-15(17,18)13-5-1-4-12(7-13)14(20)9-19-8-11-3-2-6-21-10-11/h1,4-5,7,11,14,19-20H,2-3,6,8-10H2. The van der Waals surface area contributed by atoms with Gasteiger partial charge < -0.3 is 15.2 Å². The molecule has 2 atom stereocenters. The van der Waals surface area contributed by atoms with Crippen molar-refractivity contribution in [2.45, 2.75) is 25.1 Å². The third kappa shape index (κ3) is 4.98. The monoisotopic (exact) mass is 303 g/mol. The lowest BCUT2D eigenvalue weighted by Gasteiger charge is -2.23. The van der Waals surface area contributed by atoms with E-state index in [0.29, 0.717) is 19.1 Å². The fourth-order valence-electron chi connectivity index (χ4n) is 2.43. The smallest absolute Gasteiger partial charge is 0.387 e. The third-order valence-corrected chi connectivity index (χ3v) is 3.62. The lowest BCUT2D eigenvalue weighted by molar-refractivity contribution is -0.137. The molecule has 1 aromatic carbocycles. The van der Waals surface area contributed by atoms with Gasteiger partial charge in [0, 0.05) is 19.7 Å². The first-order valence-electron chi connectivity index (χ1n) is 7.10. The van der Waals surface area contributed by atoms with Crippen LogP contribution in [-0.2, 0) is 10.9 Å². The van der Waals surface area contributed by atoms with Gasteiger partial charge >= 0.3 is 6.18 Å². The highest BCUT2D eigenvalue weighted by molar-refractivity contribution is 5.27. The summed E-state index contributed by atoms with van der Waals surface area (Å²) >= 11 is 0. The molecule has 6 heteroatoms. The fraction of sp³-hybridized carbons (Fsp3) is 0.600. The van der Waals surface area contributed by atoms with Crippen molar-refractivity contribution in [3.63, 3.8) is 0 Å². The Labute approximate surface area is 122 Å². The first-order chi connectivity index (χ1) is 9.97. The zero-order valence-corrected chi connectivity index (χ0v) is 11.7. The number of nitrogens with one attached hydrogen (secondary N) is 1. The Hall–Kier alpha value is -1.11. The van der Waals surface area contributed by atoms with Crippen LogP contribution in [0.25, 0.3) is 0 Å². The summed E-state index contributed by atoms with van der Waals surface area (Å²) in [5.74, 6) is 0.410. The number of aliphatic hydroxyl groups is 1. The molecular weight excluding hydrogens is 283 g/mol. The number of ether oxygens (including phenoxy) is 1. The molecule has 1 aliphatic heterocycles. The first kappa shape index (κ1) is 16.3. The lowest BCUT2D eigenvalue weighted by atomic mass is 10.0. The summed E-state index contributed by atoms with van der Waals surface area (Å²) in [5.41, 5.74) is -0.461. The molecular formula is C15H20F3NO2. The molecule has 0 amide bonds. The van der Waals surface area contributed by atoms with Crippen molar-refractivity contribution in [3.05, 3.63) is 35.4 Å². The van der Waals surface area contributed by atoms with E-state index >= 15 is 0 Å². The molecule has 1 aromatic rings. The first-order valence-corrected chi connectivity index (χ1v) is 7.10. The fourth-order valence-corrected chi connectivity index (χ4v) is 2.43. The van der Waals surface area contributed by atoms with E-state index in [4.69, 9.17) is 4.74 Å². The van der Waals surface area contributed by atoms with Crippen molar-refractivity contribution in [2.24, 2.45) is 5.92 Å². The molecule has 0 bridgehead atoms. The molecule has 118 valence electrons. The number of rotatable bonds is 5. The molecule has 2 unspecified atom stereocenters. The molecule has 1 fully saturated rings. The molecule has 2 N–H and O–H groups in total. The molecule has 1 saturated heterocycles. The molecule has 3 nitrogen and oxygen atoms in total. The summed E-state index contributed by atoms with van der Waals surface area (Å²) in [6.45, 7) is 2.43. The van der Waals surface area contributed by atoms with E-state index in [1.165, 1.54) is 12.1 Å². The van der Waals surface area contributed by atoms with Crippen LogP contribution in [0.4, 0.5) is 13.2 Å². The number of aliphatic hydroxyl groups excluding tert-OH is 1. The van der Waals surface area contributed by atoms with E-state index in [0.717, 1.165) is 31.6 Å². The minimum Gasteiger partial charge on any atom is -0.387 e. The second-order valence-corrected chi connectivity index (χ2v) is 5.38. The predicted octanol–water partition coefficient (Wildman–Crippen LogP) is 2.76. The van der Waals surface area contributed by atoms with Gasteiger partial charge in [-0.25, -0.2) is 0 Å². The Balaban J connectivity index is 1.83. The molecule has 1 aliphatic rings. The molecule has 0 aromatic heterocycles. The Kier molecular flexibility index (Phi) is 5.61. The molecule has 21 heavy (non-hydrogen) atoms. The van der Waals surface area contributed by atoms with Crippen LogP contribution in [0.1, 0.15) is 30.1 Å². The van der Waals surface area contributed by atoms with Crippen molar-refractivity contribution in [3.8, 4) is 0 Å². The van der Waals surface area contributed by atoms with Crippen molar-refractivity contribution >= 4 is 0 Å². The van der Waals surface area contributed by atoms with Gasteiger partial charge in [-0.3, -0.25) is 0 Å². The Morgan fingerprint density at radius 1 is 1.38 bits per heavy atom. The van der Waals surface area contributed by atoms with Crippen LogP contribution in [-0.4, -0.2) is 31.4 Å². The molecule has 1 heterocycles. The molecule has 0 radical (unpaired) electrons. The second kappa shape index (κ2) is 7.24. The summed E-state index contributed by atoms with van der Waals surface area (Å²) in [5, 5.41) is 13.1. The van der Waals surface area contributed by atoms with Gasteiger partial charge in [0.05, 0.1) is 18.3 Å². The van der Waals surface area contributed by atoms with Crippen LogP contribution in [0.15, 0.2) is 24.3 Å². The SMILES string of the molecule is OC(CNCC1CCCOC1)c1cccc(C(F)(F)F)c1. The van der Waals surface area contributed by atoms with Crippen molar-refractivity contribution < 1.29 is 23.0 Å². The topological polar surface area (TPSA) is 41.5 Å². The minimum atomic E-state index is -4.39. The van der Waals surface area contributed by atoms with Crippen molar-refractivity contribution in [1.82, 2.24) is 5.32 Å². The summed E-state index contributed by atoms with van der Waals surface area (Å²) in [6.07, 6.45) is -3.23. The van der Waals surface area contributed by atoms with E-state index in [1.54, 1.807) is 0 Å². The Morgan fingerprint density at radius 2 is 2.19 bits per heavy atom. The average Bonchev–Trinajstić information content (AvgIpc) is 2.47. The number of alkyl halides is 3. The van der Waals surface area contributed by atoms with Gasteiger partial charge in [-0.1, -0.05) is 12.1 Å². The Morgan fingerprint density at radius 3 is 2.86 bits per heavy atom. The van der Waals surface area contributed by atoms with E-state index < -0.39 is 17.8 Å². The van der Waals surface area contributed by atoms with Gasteiger partial charge in [0.25, 0.3) is 0 Å². The van der Waals surface area contributed by atoms with E-state index in [2.05, 4.69) is 5.32 Å².